The Bertz CT molecular complexity index is 509. The van der Waals surface area contributed by atoms with E-state index in [0.29, 0.717) is 5.88 Å². The van der Waals surface area contributed by atoms with Gasteiger partial charge in [0.2, 0.25) is 11.8 Å². The van der Waals surface area contributed by atoms with Crippen LogP contribution in [0.15, 0.2) is 6.07 Å². The summed E-state index contributed by atoms with van der Waals surface area (Å²) < 4.78 is 5.75. The van der Waals surface area contributed by atoms with Crippen molar-refractivity contribution < 1.29 is 4.74 Å². The monoisotopic (exact) mass is 237 g/mol. The molecule has 4 nitrogen and oxygen atoms in total. The van der Waals surface area contributed by atoms with Crippen LogP contribution in [0.3, 0.4) is 0 Å². The summed E-state index contributed by atoms with van der Waals surface area (Å²) in [5.74, 6) is 0.869. The number of fused-ring (bicyclic) bond motifs is 1. The SMILES string of the molecule is CCC(C)Oc1nc(N)nc2sc(C)cc12. The average Bonchev–Trinajstić information content (AvgIpc) is 2.58. The lowest BCUT2D eigenvalue weighted by atomic mass is 10.3. The highest BCUT2D eigenvalue weighted by Gasteiger charge is 2.12. The molecule has 0 saturated heterocycles. The number of nitrogen functional groups attached to an aromatic ring is 1. The third-order valence-electron chi connectivity index (χ3n) is 2.39. The van der Waals surface area contributed by atoms with Gasteiger partial charge in [0.15, 0.2) is 0 Å². The second kappa shape index (κ2) is 4.25. The van der Waals surface area contributed by atoms with Crippen molar-refractivity contribution in [3.63, 3.8) is 0 Å². The Hall–Kier alpha value is -1.36. The summed E-state index contributed by atoms with van der Waals surface area (Å²) in [5, 5.41) is 0.956. The first-order chi connectivity index (χ1) is 7.60. The molecule has 0 spiro atoms. The average molecular weight is 237 g/mol. The molecule has 0 aromatic carbocycles. The lowest BCUT2D eigenvalue weighted by molar-refractivity contribution is 0.212. The van der Waals surface area contributed by atoms with Crippen LogP contribution < -0.4 is 10.5 Å². The van der Waals surface area contributed by atoms with Crippen molar-refractivity contribution >= 4 is 27.5 Å². The van der Waals surface area contributed by atoms with Crippen LogP contribution >= 0.6 is 11.3 Å². The van der Waals surface area contributed by atoms with E-state index in [2.05, 4.69) is 16.9 Å². The third-order valence-corrected chi connectivity index (χ3v) is 3.33. The molecule has 1 atom stereocenters. The molecule has 0 aliphatic rings. The highest BCUT2D eigenvalue weighted by atomic mass is 32.1. The lowest BCUT2D eigenvalue weighted by Gasteiger charge is -2.12. The molecule has 2 aromatic rings. The van der Waals surface area contributed by atoms with Gasteiger partial charge in [0, 0.05) is 4.88 Å². The molecule has 2 N–H and O–H groups in total. The Labute approximate surface area is 98.5 Å². The molecule has 0 radical (unpaired) electrons. The number of thiophene rings is 1. The molecule has 5 heteroatoms. The maximum Gasteiger partial charge on any atom is 0.227 e. The van der Waals surface area contributed by atoms with Gasteiger partial charge in [-0.3, -0.25) is 0 Å². The van der Waals surface area contributed by atoms with E-state index in [4.69, 9.17) is 10.5 Å². The fraction of sp³-hybridized carbons (Fsp3) is 0.455. The standard InChI is InChI=1S/C11H15N3OS/c1-4-6(2)15-9-8-5-7(3)16-10(8)14-11(12)13-9/h5-6H,4H2,1-3H3,(H2,12,13,14). The normalized spacial score (nSPS) is 12.9. The number of anilines is 1. The van der Waals surface area contributed by atoms with Gasteiger partial charge in [-0.25, -0.2) is 4.98 Å². The summed E-state index contributed by atoms with van der Waals surface area (Å²) in [6, 6.07) is 2.04. The highest BCUT2D eigenvalue weighted by Crippen LogP contribution is 2.31. The van der Waals surface area contributed by atoms with Gasteiger partial charge < -0.3 is 10.5 Å². The highest BCUT2D eigenvalue weighted by molar-refractivity contribution is 7.18. The van der Waals surface area contributed by atoms with Crippen molar-refractivity contribution in [2.24, 2.45) is 0 Å². The van der Waals surface area contributed by atoms with Gasteiger partial charge in [-0.1, -0.05) is 6.92 Å². The smallest absolute Gasteiger partial charge is 0.227 e. The molecule has 1 unspecified atom stereocenters. The van der Waals surface area contributed by atoms with Crippen LogP contribution in [-0.4, -0.2) is 16.1 Å². The summed E-state index contributed by atoms with van der Waals surface area (Å²) in [5.41, 5.74) is 5.66. The second-order valence-corrected chi connectivity index (χ2v) is 5.03. The number of aromatic nitrogens is 2. The predicted octanol–water partition coefficient (Wildman–Crippen LogP) is 2.76. The molecule has 16 heavy (non-hydrogen) atoms. The summed E-state index contributed by atoms with van der Waals surface area (Å²) in [4.78, 5) is 10.4. The van der Waals surface area contributed by atoms with E-state index >= 15 is 0 Å². The molecule has 0 amide bonds. The Morgan fingerprint density at radius 2 is 2.25 bits per heavy atom. The van der Waals surface area contributed by atoms with Gasteiger partial charge in [-0.2, -0.15) is 4.98 Å². The number of aryl methyl sites for hydroxylation is 1. The number of hydrogen-bond donors (Lipinski definition) is 1. The van der Waals surface area contributed by atoms with Crippen LogP contribution in [-0.2, 0) is 0 Å². The fourth-order valence-electron chi connectivity index (χ4n) is 1.40. The maximum atomic E-state index is 5.75. The Morgan fingerprint density at radius 1 is 1.50 bits per heavy atom. The molecule has 0 aliphatic heterocycles. The van der Waals surface area contributed by atoms with Crippen molar-refractivity contribution in [3.8, 4) is 5.88 Å². The van der Waals surface area contributed by atoms with E-state index in [0.717, 1.165) is 16.6 Å². The summed E-state index contributed by atoms with van der Waals surface area (Å²) in [6.45, 7) is 6.13. The Morgan fingerprint density at radius 3 is 2.94 bits per heavy atom. The second-order valence-electron chi connectivity index (χ2n) is 3.80. The van der Waals surface area contributed by atoms with Gasteiger partial charge in [0.1, 0.15) is 4.83 Å². The molecule has 86 valence electrons. The van der Waals surface area contributed by atoms with Crippen molar-refractivity contribution in [2.45, 2.75) is 33.3 Å². The number of hydrogen-bond acceptors (Lipinski definition) is 5. The minimum Gasteiger partial charge on any atom is -0.474 e. The summed E-state index contributed by atoms with van der Waals surface area (Å²) >= 11 is 1.60. The van der Waals surface area contributed by atoms with E-state index in [-0.39, 0.29) is 12.1 Å². The van der Waals surface area contributed by atoms with Crippen LogP contribution in [0.25, 0.3) is 10.2 Å². The van der Waals surface area contributed by atoms with E-state index in [9.17, 15) is 0 Å². The molecular formula is C11H15N3OS. The van der Waals surface area contributed by atoms with Crippen molar-refractivity contribution in [3.05, 3.63) is 10.9 Å². The third kappa shape index (κ3) is 2.09. The zero-order valence-electron chi connectivity index (χ0n) is 9.65. The van der Waals surface area contributed by atoms with Crippen LogP contribution in [0.4, 0.5) is 5.95 Å². The molecule has 2 rings (SSSR count). The van der Waals surface area contributed by atoms with Crippen LogP contribution in [0.5, 0.6) is 5.88 Å². The van der Waals surface area contributed by atoms with E-state index in [1.807, 2.05) is 19.9 Å². The summed E-state index contributed by atoms with van der Waals surface area (Å²) in [6.07, 6.45) is 1.08. The van der Waals surface area contributed by atoms with E-state index in [1.54, 1.807) is 11.3 Å². The Balaban J connectivity index is 2.49. The maximum absolute atomic E-state index is 5.75. The first kappa shape index (κ1) is 11.1. The lowest BCUT2D eigenvalue weighted by Crippen LogP contribution is -2.11. The topological polar surface area (TPSA) is 61.0 Å². The van der Waals surface area contributed by atoms with Crippen molar-refractivity contribution in [2.75, 3.05) is 5.73 Å². The fourth-order valence-corrected chi connectivity index (χ4v) is 2.27. The van der Waals surface area contributed by atoms with Gasteiger partial charge in [-0.15, -0.1) is 11.3 Å². The number of rotatable bonds is 3. The van der Waals surface area contributed by atoms with Gasteiger partial charge in [-0.05, 0) is 26.3 Å². The zero-order chi connectivity index (χ0) is 11.7. The van der Waals surface area contributed by atoms with E-state index < -0.39 is 0 Å². The number of nitrogens with zero attached hydrogens (tertiary/aromatic N) is 2. The molecule has 2 heterocycles. The molecule has 0 bridgehead atoms. The van der Waals surface area contributed by atoms with Gasteiger partial charge >= 0.3 is 0 Å². The van der Waals surface area contributed by atoms with E-state index in [1.165, 1.54) is 4.88 Å². The van der Waals surface area contributed by atoms with Crippen molar-refractivity contribution in [1.82, 2.24) is 9.97 Å². The van der Waals surface area contributed by atoms with Gasteiger partial charge in [0.25, 0.3) is 0 Å². The minimum atomic E-state index is 0.137. The summed E-state index contributed by atoms with van der Waals surface area (Å²) in [7, 11) is 0. The molecular weight excluding hydrogens is 222 g/mol. The first-order valence-electron chi connectivity index (χ1n) is 5.30. The first-order valence-corrected chi connectivity index (χ1v) is 6.12. The Kier molecular flexibility index (Phi) is 2.96. The number of ether oxygens (including phenoxy) is 1. The largest absolute Gasteiger partial charge is 0.474 e. The van der Waals surface area contributed by atoms with Crippen LogP contribution in [0.1, 0.15) is 25.1 Å². The minimum absolute atomic E-state index is 0.137. The predicted molar refractivity (Wildman–Crippen MR) is 66.9 cm³/mol. The van der Waals surface area contributed by atoms with Crippen molar-refractivity contribution in [1.29, 1.82) is 0 Å². The van der Waals surface area contributed by atoms with Crippen LogP contribution in [0.2, 0.25) is 0 Å². The number of nitrogens with two attached hydrogens (primary N) is 1. The molecule has 0 fully saturated rings. The quantitative estimate of drug-likeness (QED) is 0.891. The van der Waals surface area contributed by atoms with Crippen LogP contribution in [0, 0.1) is 6.92 Å². The molecule has 0 aliphatic carbocycles. The molecule has 2 aromatic heterocycles. The zero-order valence-corrected chi connectivity index (χ0v) is 10.5. The van der Waals surface area contributed by atoms with Gasteiger partial charge in [0.05, 0.1) is 11.5 Å². The molecule has 0 saturated carbocycles.